The molecule has 82 valence electrons. The molecule has 0 bridgehead atoms. The second kappa shape index (κ2) is 4.14. The highest BCUT2D eigenvalue weighted by Crippen LogP contribution is 2.24. The zero-order valence-corrected chi connectivity index (χ0v) is 8.76. The number of hydrogen-bond acceptors (Lipinski definition) is 4. The van der Waals surface area contributed by atoms with Crippen LogP contribution in [0, 0.1) is 5.82 Å². The highest BCUT2D eigenvalue weighted by atomic mass is 19.1. The molecule has 0 saturated carbocycles. The monoisotopic (exact) mass is 218 g/mol. The van der Waals surface area contributed by atoms with Crippen LogP contribution in [0.15, 0.2) is 36.7 Å². The van der Waals surface area contributed by atoms with Crippen molar-refractivity contribution in [2.24, 2.45) is 0 Å². The van der Waals surface area contributed by atoms with Gasteiger partial charge in [-0.05, 0) is 18.2 Å². The van der Waals surface area contributed by atoms with Gasteiger partial charge in [0.25, 0.3) is 0 Å². The molecule has 4 nitrogen and oxygen atoms in total. The second-order valence-corrected chi connectivity index (χ2v) is 3.30. The lowest BCUT2D eigenvalue weighted by Crippen LogP contribution is -2.14. The van der Waals surface area contributed by atoms with Gasteiger partial charge in [-0.25, -0.2) is 14.4 Å². The lowest BCUT2D eigenvalue weighted by Gasteiger charge is -2.18. The molecule has 2 N–H and O–H groups in total. The Labute approximate surface area is 92.6 Å². The molecule has 1 heterocycles. The fourth-order valence-corrected chi connectivity index (χ4v) is 1.41. The summed E-state index contributed by atoms with van der Waals surface area (Å²) in [4.78, 5) is 9.71. The molecule has 0 unspecified atom stereocenters. The smallest absolute Gasteiger partial charge is 0.175 e. The van der Waals surface area contributed by atoms with E-state index in [1.807, 2.05) is 0 Å². The number of aromatic nitrogens is 2. The van der Waals surface area contributed by atoms with Gasteiger partial charge in [-0.3, -0.25) is 0 Å². The van der Waals surface area contributed by atoms with E-state index in [1.165, 1.54) is 18.3 Å². The molecule has 0 aliphatic heterocycles. The van der Waals surface area contributed by atoms with E-state index >= 15 is 0 Å². The minimum absolute atomic E-state index is 0.299. The van der Waals surface area contributed by atoms with Crippen molar-refractivity contribution < 1.29 is 4.39 Å². The van der Waals surface area contributed by atoms with E-state index in [-0.39, 0.29) is 5.82 Å². The van der Waals surface area contributed by atoms with Crippen molar-refractivity contribution in [3.63, 3.8) is 0 Å². The van der Waals surface area contributed by atoms with Gasteiger partial charge in [0.15, 0.2) is 11.6 Å². The zero-order valence-electron chi connectivity index (χ0n) is 8.76. The van der Waals surface area contributed by atoms with Gasteiger partial charge in [0, 0.05) is 25.1 Å². The molecule has 2 aromatic rings. The van der Waals surface area contributed by atoms with Crippen LogP contribution in [0.4, 0.5) is 21.7 Å². The van der Waals surface area contributed by atoms with E-state index in [2.05, 4.69) is 9.97 Å². The molecule has 0 fully saturated rings. The number of anilines is 3. The first-order chi connectivity index (χ1) is 7.68. The van der Waals surface area contributed by atoms with Gasteiger partial charge >= 0.3 is 0 Å². The third-order valence-corrected chi connectivity index (χ3v) is 2.22. The number of halogens is 1. The first-order valence-corrected chi connectivity index (χ1v) is 4.74. The Balaban J connectivity index is 2.39. The van der Waals surface area contributed by atoms with Crippen LogP contribution < -0.4 is 10.6 Å². The van der Waals surface area contributed by atoms with Gasteiger partial charge in [0.2, 0.25) is 0 Å². The van der Waals surface area contributed by atoms with E-state index in [4.69, 9.17) is 5.73 Å². The van der Waals surface area contributed by atoms with Gasteiger partial charge in [-0.2, -0.15) is 0 Å². The van der Waals surface area contributed by atoms with E-state index in [0.717, 1.165) is 0 Å². The Morgan fingerprint density at radius 1 is 1.25 bits per heavy atom. The second-order valence-electron chi connectivity index (χ2n) is 3.30. The summed E-state index contributed by atoms with van der Waals surface area (Å²) in [5.41, 5.74) is 6.36. The Morgan fingerprint density at radius 2 is 2.00 bits per heavy atom. The molecule has 2 rings (SSSR count). The summed E-state index contributed by atoms with van der Waals surface area (Å²) in [7, 11) is 1.76. The summed E-state index contributed by atoms with van der Waals surface area (Å²) >= 11 is 0. The topological polar surface area (TPSA) is 55.0 Å². The summed E-state index contributed by atoms with van der Waals surface area (Å²) in [5, 5.41) is 0. The van der Waals surface area contributed by atoms with E-state index < -0.39 is 0 Å². The molecule has 0 aliphatic carbocycles. The van der Waals surface area contributed by atoms with Crippen LogP contribution in [-0.4, -0.2) is 17.0 Å². The van der Waals surface area contributed by atoms with Crippen molar-refractivity contribution in [2.75, 3.05) is 17.7 Å². The fraction of sp³-hybridized carbons (Fsp3) is 0.0909. The molecular weight excluding hydrogens is 207 g/mol. The van der Waals surface area contributed by atoms with Crippen LogP contribution in [0.25, 0.3) is 0 Å². The van der Waals surface area contributed by atoms with Crippen molar-refractivity contribution in [3.05, 3.63) is 42.5 Å². The van der Waals surface area contributed by atoms with E-state index in [9.17, 15) is 4.39 Å². The summed E-state index contributed by atoms with van der Waals surface area (Å²) in [6.07, 6.45) is 3.06. The predicted octanol–water partition coefficient (Wildman–Crippen LogP) is 1.97. The minimum atomic E-state index is -0.299. The molecule has 1 aromatic heterocycles. The Bertz CT molecular complexity index is 501. The highest BCUT2D eigenvalue weighted by Gasteiger charge is 2.09. The fourth-order valence-electron chi connectivity index (χ4n) is 1.41. The summed E-state index contributed by atoms with van der Waals surface area (Å²) < 4.78 is 13.0. The number of nitrogen functional groups attached to an aromatic ring is 1. The first kappa shape index (κ1) is 10.4. The lowest BCUT2D eigenvalue weighted by molar-refractivity contribution is 0.628. The Hall–Kier alpha value is -2.17. The maximum absolute atomic E-state index is 13.0. The standard InChI is InChI=1S/C11H11FN4/c1-16(9-4-2-3-8(12)7-9)11-10(13)14-5-6-15-11/h2-7H,1H3,(H2,13,14). The van der Waals surface area contributed by atoms with Crippen LogP contribution in [0.1, 0.15) is 0 Å². The third-order valence-electron chi connectivity index (χ3n) is 2.22. The molecule has 16 heavy (non-hydrogen) atoms. The first-order valence-electron chi connectivity index (χ1n) is 4.74. The van der Waals surface area contributed by atoms with Crippen LogP contribution in [0.5, 0.6) is 0 Å². The molecule has 0 atom stereocenters. The van der Waals surface area contributed by atoms with Crippen molar-refractivity contribution in [2.45, 2.75) is 0 Å². The molecule has 1 aromatic carbocycles. The minimum Gasteiger partial charge on any atom is -0.381 e. The Morgan fingerprint density at radius 3 is 2.69 bits per heavy atom. The normalized spacial score (nSPS) is 10.1. The van der Waals surface area contributed by atoms with Gasteiger partial charge in [0.05, 0.1) is 0 Å². The van der Waals surface area contributed by atoms with Crippen LogP contribution in [0.2, 0.25) is 0 Å². The average Bonchev–Trinajstić information content (AvgIpc) is 2.29. The summed E-state index contributed by atoms with van der Waals surface area (Å²) in [6.45, 7) is 0. The summed E-state index contributed by atoms with van der Waals surface area (Å²) in [5.74, 6) is 0.522. The third kappa shape index (κ3) is 1.93. The van der Waals surface area contributed by atoms with Gasteiger partial charge < -0.3 is 10.6 Å². The molecule has 0 saturated heterocycles. The number of benzene rings is 1. The molecule has 0 amide bonds. The SMILES string of the molecule is CN(c1cccc(F)c1)c1nccnc1N. The highest BCUT2D eigenvalue weighted by molar-refractivity contribution is 5.67. The molecule has 0 aliphatic rings. The molecule has 0 spiro atoms. The number of nitrogens with two attached hydrogens (primary N) is 1. The molecule has 0 radical (unpaired) electrons. The number of hydrogen-bond donors (Lipinski definition) is 1. The summed E-state index contributed by atoms with van der Waals surface area (Å²) in [6, 6.07) is 6.20. The maximum atomic E-state index is 13.0. The van der Waals surface area contributed by atoms with Crippen molar-refractivity contribution in [1.29, 1.82) is 0 Å². The maximum Gasteiger partial charge on any atom is 0.175 e. The molecular formula is C11H11FN4. The van der Waals surface area contributed by atoms with Crippen molar-refractivity contribution in [3.8, 4) is 0 Å². The van der Waals surface area contributed by atoms with Crippen molar-refractivity contribution in [1.82, 2.24) is 9.97 Å². The number of nitrogens with zero attached hydrogens (tertiary/aromatic N) is 3. The van der Waals surface area contributed by atoms with Crippen LogP contribution >= 0.6 is 0 Å². The molecule has 5 heteroatoms. The lowest BCUT2D eigenvalue weighted by atomic mass is 10.3. The quantitative estimate of drug-likeness (QED) is 0.837. The van der Waals surface area contributed by atoms with Crippen LogP contribution in [-0.2, 0) is 0 Å². The zero-order chi connectivity index (χ0) is 11.5. The van der Waals surface area contributed by atoms with Crippen LogP contribution in [0.3, 0.4) is 0 Å². The largest absolute Gasteiger partial charge is 0.381 e. The van der Waals surface area contributed by atoms with Gasteiger partial charge in [-0.1, -0.05) is 6.07 Å². The van der Waals surface area contributed by atoms with E-state index in [1.54, 1.807) is 30.3 Å². The average molecular weight is 218 g/mol. The van der Waals surface area contributed by atoms with Gasteiger partial charge in [-0.15, -0.1) is 0 Å². The predicted molar refractivity (Wildman–Crippen MR) is 60.9 cm³/mol. The van der Waals surface area contributed by atoms with Crippen molar-refractivity contribution >= 4 is 17.3 Å². The Kier molecular flexibility index (Phi) is 2.68. The van der Waals surface area contributed by atoms with Gasteiger partial charge in [0.1, 0.15) is 5.82 Å². The van der Waals surface area contributed by atoms with E-state index in [0.29, 0.717) is 17.3 Å². The number of rotatable bonds is 2.